The lowest BCUT2D eigenvalue weighted by atomic mass is 10.0. The Balaban J connectivity index is 1.67. The van der Waals surface area contributed by atoms with Gasteiger partial charge in [0.05, 0.1) is 12.7 Å². The number of carbonyl (C=O) groups excluding carboxylic acids is 3. The fraction of sp³-hybridized carbons (Fsp3) is 0.500. The van der Waals surface area contributed by atoms with Crippen molar-refractivity contribution < 1.29 is 33.3 Å². The van der Waals surface area contributed by atoms with Gasteiger partial charge in [0.25, 0.3) is 5.91 Å². The van der Waals surface area contributed by atoms with Gasteiger partial charge in [-0.15, -0.1) is 0 Å². The summed E-state index contributed by atoms with van der Waals surface area (Å²) in [4.78, 5) is 37.6. The quantitative estimate of drug-likeness (QED) is 0.741. The van der Waals surface area contributed by atoms with Crippen molar-refractivity contribution in [3.8, 4) is 17.2 Å². The third kappa shape index (κ3) is 4.07. The summed E-state index contributed by atoms with van der Waals surface area (Å²) in [7, 11) is 1.45. The van der Waals surface area contributed by atoms with Crippen LogP contribution < -0.4 is 19.9 Å². The van der Waals surface area contributed by atoms with E-state index in [1.165, 1.54) is 24.1 Å². The van der Waals surface area contributed by atoms with Crippen molar-refractivity contribution in [3.63, 3.8) is 0 Å². The maximum Gasteiger partial charge on any atom is 0.338 e. The third-order valence-corrected chi connectivity index (χ3v) is 4.54. The Hall–Kier alpha value is -2.97. The molecule has 0 aromatic heterocycles. The number of rotatable bonds is 5. The normalized spacial score (nSPS) is 18.6. The number of ether oxygens (including phenoxy) is 4. The minimum absolute atomic E-state index is 0.175. The van der Waals surface area contributed by atoms with Gasteiger partial charge in [-0.2, -0.15) is 0 Å². The second-order valence-corrected chi connectivity index (χ2v) is 6.28. The number of likely N-dealkylation sites (tertiary alicyclic amines) is 1. The Kier molecular flexibility index (Phi) is 5.68. The molecule has 0 radical (unpaired) electrons. The molecule has 0 saturated carbocycles. The lowest BCUT2D eigenvalue weighted by Gasteiger charge is -2.33. The highest BCUT2D eigenvalue weighted by Gasteiger charge is 2.31. The first-order chi connectivity index (χ1) is 13.0. The summed E-state index contributed by atoms with van der Waals surface area (Å²) >= 11 is 0. The highest BCUT2D eigenvalue weighted by molar-refractivity contribution is 5.93. The van der Waals surface area contributed by atoms with E-state index in [0.29, 0.717) is 43.4 Å². The van der Waals surface area contributed by atoms with Crippen molar-refractivity contribution in [1.82, 2.24) is 4.90 Å². The largest absolute Gasteiger partial charge is 0.493 e. The van der Waals surface area contributed by atoms with Crippen LogP contribution in [0.25, 0.3) is 0 Å². The molecule has 2 amide bonds. The molecule has 1 aromatic carbocycles. The first kappa shape index (κ1) is 18.8. The van der Waals surface area contributed by atoms with Crippen LogP contribution in [0.15, 0.2) is 12.1 Å². The molecule has 2 heterocycles. The summed E-state index contributed by atoms with van der Waals surface area (Å²) in [6.07, 6.45) is 2.13. The van der Waals surface area contributed by atoms with Crippen molar-refractivity contribution in [2.75, 3.05) is 33.5 Å². The van der Waals surface area contributed by atoms with Crippen LogP contribution in [0.5, 0.6) is 17.2 Å². The zero-order chi connectivity index (χ0) is 19.4. The maximum absolute atomic E-state index is 12.4. The molecule has 2 aliphatic rings. The van der Waals surface area contributed by atoms with E-state index in [0.717, 1.165) is 12.8 Å². The lowest BCUT2D eigenvalue weighted by molar-refractivity contribution is -0.143. The van der Waals surface area contributed by atoms with Gasteiger partial charge < -0.3 is 29.6 Å². The first-order valence-electron chi connectivity index (χ1n) is 8.75. The smallest absolute Gasteiger partial charge is 0.338 e. The Morgan fingerprint density at radius 3 is 2.74 bits per heavy atom. The van der Waals surface area contributed by atoms with E-state index in [2.05, 4.69) is 0 Å². The van der Waals surface area contributed by atoms with Crippen molar-refractivity contribution in [2.45, 2.75) is 25.3 Å². The lowest BCUT2D eigenvalue weighted by Crippen LogP contribution is -2.51. The molecule has 0 aliphatic carbocycles. The average Bonchev–Trinajstić information content (AvgIpc) is 2.70. The second-order valence-electron chi connectivity index (χ2n) is 6.28. The van der Waals surface area contributed by atoms with Crippen molar-refractivity contribution >= 4 is 17.8 Å². The van der Waals surface area contributed by atoms with Crippen LogP contribution in [0, 0.1) is 0 Å². The highest BCUT2D eigenvalue weighted by Crippen LogP contribution is 2.40. The van der Waals surface area contributed by atoms with Crippen molar-refractivity contribution in [1.29, 1.82) is 0 Å². The molecule has 1 saturated heterocycles. The second kappa shape index (κ2) is 8.15. The Morgan fingerprint density at radius 1 is 1.22 bits per heavy atom. The van der Waals surface area contributed by atoms with Crippen LogP contribution in [0.4, 0.5) is 0 Å². The summed E-state index contributed by atoms with van der Waals surface area (Å²) < 4.78 is 21.3. The van der Waals surface area contributed by atoms with Gasteiger partial charge in [0, 0.05) is 6.54 Å². The minimum atomic E-state index is -0.703. The molecule has 0 unspecified atom stereocenters. The number of nitrogens with zero attached hydrogens (tertiary/aromatic N) is 1. The van der Waals surface area contributed by atoms with E-state index >= 15 is 0 Å². The van der Waals surface area contributed by atoms with E-state index in [1.807, 2.05) is 0 Å². The molecular weight excluding hydrogens is 356 g/mol. The molecule has 3 rings (SSSR count). The van der Waals surface area contributed by atoms with Gasteiger partial charge in [0.15, 0.2) is 18.1 Å². The fourth-order valence-electron chi connectivity index (χ4n) is 3.21. The number of piperidine rings is 1. The van der Waals surface area contributed by atoms with Crippen LogP contribution in [0.2, 0.25) is 0 Å². The zero-order valence-corrected chi connectivity index (χ0v) is 15.1. The zero-order valence-electron chi connectivity index (χ0n) is 15.1. The highest BCUT2D eigenvalue weighted by atomic mass is 16.6. The van der Waals surface area contributed by atoms with E-state index in [1.54, 1.807) is 0 Å². The molecule has 27 heavy (non-hydrogen) atoms. The van der Waals surface area contributed by atoms with E-state index in [9.17, 15) is 14.4 Å². The number of methoxy groups -OCH3 is 1. The van der Waals surface area contributed by atoms with Crippen molar-refractivity contribution in [3.05, 3.63) is 17.7 Å². The number of esters is 1. The van der Waals surface area contributed by atoms with Crippen LogP contribution in [0.3, 0.4) is 0 Å². The summed E-state index contributed by atoms with van der Waals surface area (Å²) in [5.74, 6) is -0.554. The fourth-order valence-corrected chi connectivity index (χ4v) is 3.21. The number of hydrogen-bond acceptors (Lipinski definition) is 7. The van der Waals surface area contributed by atoms with Gasteiger partial charge in [-0.1, -0.05) is 0 Å². The Morgan fingerprint density at radius 2 is 2.00 bits per heavy atom. The van der Waals surface area contributed by atoms with Crippen LogP contribution in [-0.2, 0) is 14.3 Å². The number of carbonyl (C=O) groups is 3. The van der Waals surface area contributed by atoms with Gasteiger partial charge >= 0.3 is 5.97 Å². The molecule has 1 atom stereocenters. The number of primary amides is 1. The minimum Gasteiger partial charge on any atom is -0.493 e. The number of amides is 2. The van der Waals surface area contributed by atoms with Gasteiger partial charge in [-0.05, 0) is 31.4 Å². The molecule has 2 N–H and O–H groups in total. The topological polar surface area (TPSA) is 117 Å². The maximum atomic E-state index is 12.4. The molecule has 146 valence electrons. The van der Waals surface area contributed by atoms with E-state index in [4.69, 9.17) is 24.7 Å². The van der Waals surface area contributed by atoms with Crippen molar-refractivity contribution in [2.24, 2.45) is 5.73 Å². The summed E-state index contributed by atoms with van der Waals surface area (Å²) in [6.45, 7) is 0.691. The molecule has 2 aliphatic heterocycles. The average molecular weight is 378 g/mol. The monoisotopic (exact) mass is 378 g/mol. The molecule has 0 bridgehead atoms. The molecular formula is C18H22N2O7. The Labute approximate surface area is 156 Å². The standard InChI is InChI=1S/C18H22N2O7/c1-24-13-8-11(9-14-16(13)26-7-6-25-14)18(23)27-10-15(21)20-5-3-2-4-12(20)17(19)22/h8-9,12H,2-7,10H2,1H3,(H2,19,22)/t12-/m1/s1. The Bertz CT molecular complexity index is 732. The summed E-state index contributed by atoms with van der Waals surface area (Å²) in [6, 6.07) is 2.30. The predicted octanol–water partition coefficient (Wildman–Crippen LogP) is 0.490. The van der Waals surface area contributed by atoms with Gasteiger partial charge in [-0.25, -0.2) is 4.79 Å². The van der Waals surface area contributed by atoms with E-state index < -0.39 is 30.4 Å². The SMILES string of the molecule is COc1cc(C(=O)OCC(=O)N2CCCC[C@@H]2C(N)=O)cc2c1OCCO2. The summed E-state index contributed by atoms with van der Waals surface area (Å²) in [5, 5.41) is 0. The van der Waals surface area contributed by atoms with Crippen LogP contribution in [0.1, 0.15) is 29.6 Å². The molecule has 9 heteroatoms. The van der Waals surface area contributed by atoms with Gasteiger partial charge in [0.1, 0.15) is 19.3 Å². The van der Waals surface area contributed by atoms with Gasteiger partial charge in [-0.3, -0.25) is 9.59 Å². The first-order valence-corrected chi connectivity index (χ1v) is 8.75. The molecule has 1 fully saturated rings. The van der Waals surface area contributed by atoms with Crippen LogP contribution in [-0.4, -0.2) is 62.2 Å². The third-order valence-electron chi connectivity index (χ3n) is 4.54. The number of nitrogens with two attached hydrogens (primary N) is 1. The summed E-state index contributed by atoms with van der Waals surface area (Å²) in [5.41, 5.74) is 5.53. The van der Waals surface area contributed by atoms with Gasteiger partial charge in [0.2, 0.25) is 11.7 Å². The number of fused-ring (bicyclic) bond motifs is 1. The predicted molar refractivity (Wildman–Crippen MR) is 92.8 cm³/mol. The number of hydrogen-bond donors (Lipinski definition) is 1. The molecule has 9 nitrogen and oxygen atoms in total. The number of benzene rings is 1. The van der Waals surface area contributed by atoms with E-state index in [-0.39, 0.29) is 5.56 Å². The molecule has 0 spiro atoms. The molecule has 1 aromatic rings. The van der Waals surface area contributed by atoms with Crippen LogP contribution >= 0.6 is 0 Å².